The van der Waals surface area contributed by atoms with E-state index in [9.17, 15) is 0 Å². The highest BCUT2D eigenvalue weighted by Gasteiger charge is 2.39. The highest BCUT2D eigenvalue weighted by atomic mass is 19.1. The van der Waals surface area contributed by atoms with Crippen LogP contribution in [0, 0.1) is 11.2 Å². The molecule has 0 amide bonds. The van der Waals surface area contributed by atoms with Crippen LogP contribution in [0.1, 0.15) is 82.3 Å². The summed E-state index contributed by atoms with van der Waals surface area (Å²) in [5, 5.41) is 10.4. The Morgan fingerprint density at radius 3 is 2.42 bits per heavy atom. The Kier molecular flexibility index (Phi) is 10.7. The van der Waals surface area contributed by atoms with E-state index in [-0.39, 0.29) is 17.2 Å². The maximum absolute atomic E-state index is 15.3. The molecule has 1 atom stereocenters. The highest BCUT2D eigenvalue weighted by molar-refractivity contribution is 5.75. The third-order valence-electron chi connectivity index (χ3n) is 13.2. The number of piperidine rings is 2. The molecule has 1 unspecified atom stereocenters. The molecule has 0 radical (unpaired) electrons. The van der Waals surface area contributed by atoms with E-state index in [0.717, 1.165) is 110 Å². The Hall–Kier alpha value is -5.03. The monoisotopic (exact) mass is 773 g/mol. The Labute approximate surface area is 338 Å². The normalized spacial score (nSPS) is 22.2. The number of likely N-dealkylation sites (tertiary alicyclic amines) is 1. The molecule has 302 valence electrons. The van der Waals surface area contributed by atoms with E-state index >= 15 is 4.39 Å². The summed E-state index contributed by atoms with van der Waals surface area (Å²) in [4.78, 5) is 19.3. The number of rotatable bonds is 10. The lowest BCUT2D eigenvalue weighted by Crippen LogP contribution is -2.61. The van der Waals surface area contributed by atoms with Gasteiger partial charge in [-0.2, -0.15) is 4.98 Å². The summed E-state index contributed by atoms with van der Waals surface area (Å²) >= 11 is 0. The molecule has 4 aliphatic heterocycles. The fourth-order valence-electron chi connectivity index (χ4n) is 9.54. The minimum atomic E-state index is -0.151. The lowest BCUT2D eigenvalue weighted by atomic mass is 9.87. The topological polar surface area (TPSA) is 84.1 Å². The van der Waals surface area contributed by atoms with Gasteiger partial charge in [0, 0.05) is 97.6 Å². The molecule has 0 bridgehead atoms. The first kappa shape index (κ1) is 38.8. The van der Waals surface area contributed by atoms with Crippen LogP contribution in [0.15, 0.2) is 86.0 Å². The van der Waals surface area contributed by atoms with Crippen LogP contribution in [-0.4, -0.2) is 79.9 Å². The molecular formula is C46H60FN9O. The van der Waals surface area contributed by atoms with Crippen molar-refractivity contribution in [2.75, 3.05) is 66.9 Å². The molecule has 10 nitrogen and oxygen atoms in total. The number of methoxy groups -OCH3 is 1. The van der Waals surface area contributed by atoms with Crippen molar-refractivity contribution < 1.29 is 9.13 Å². The number of hydrogen-bond donors (Lipinski definition) is 3. The average molecular weight is 774 g/mol. The molecule has 2 aromatic carbocycles. The molecule has 0 spiro atoms. The molecular weight excluding hydrogens is 714 g/mol. The number of benzene rings is 2. The Balaban J connectivity index is 0.854. The molecule has 3 aromatic rings. The highest BCUT2D eigenvalue weighted by Crippen LogP contribution is 2.44. The number of fused-ring (bicyclic) bond motifs is 1. The van der Waals surface area contributed by atoms with Gasteiger partial charge in [-0.25, -0.2) is 9.37 Å². The van der Waals surface area contributed by atoms with E-state index in [0.29, 0.717) is 35.5 Å². The number of anilines is 5. The quantitative estimate of drug-likeness (QED) is 0.187. The second kappa shape index (κ2) is 15.7. The maximum Gasteiger partial charge on any atom is 0.229 e. The molecule has 4 fully saturated rings. The minimum Gasteiger partial charge on any atom is -0.495 e. The first-order valence-electron chi connectivity index (χ1n) is 20.8. The number of nitrogens with zero attached hydrogens (tertiary/aromatic N) is 6. The standard InChI is InChI=1S/C46H60FN9O/c1-29-13-16-38(31(3)49-29)34-15-18-41(39(47)23-34)55-26-37(27-55)54-21-19-35(20-22-54)50-30(2)33-14-17-40(43(24-33)57-8)51-45-48-25-42-44(52-45)56(36-11-9-10-12-36)28-46(5,6)32(4)53(42)7/h14-15,17-18,23-25,35-38,49-50H,1-4,9-13,16,19-22,26-28H2,5-8H3,(H,48,51,52). The summed E-state index contributed by atoms with van der Waals surface area (Å²) in [7, 11) is 3.76. The van der Waals surface area contributed by atoms with Gasteiger partial charge in [0.1, 0.15) is 17.3 Å². The Bertz CT molecular complexity index is 2040. The molecule has 1 saturated carbocycles. The third kappa shape index (κ3) is 7.83. The van der Waals surface area contributed by atoms with E-state index in [2.05, 4.69) is 94.9 Å². The zero-order valence-electron chi connectivity index (χ0n) is 34.3. The molecule has 57 heavy (non-hydrogen) atoms. The second-order valence-electron chi connectivity index (χ2n) is 17.4. The van der Waals surface area contributed by atoms with Crippen molar-refractivity contribution in [2.45, 2.75) is 89.3 Å². The van der Waals surface area contributed by atoms with Crippen LogP contribution < -0.4 is 35.4 Å². The van der Waals surface area contributed by atoms with Crippen LogP contribution in [-0.2, 0) is 0 Å². The molecule has 5 aliphatic rings. The number of allylic oxidation sites excluding steroid dienone is 2. The van der Waals surface area contributed by atoms with Gasteiger partial charge in [0.2, 0.25) is 5.95 Å². The van der Waals surface area contributed by atoms with Crippen molar-refractivity contribution >= 4 is 34.5 Å². The molecule has 8 rings (SSSR count). The van der Waals surface area contributed by atoms with Crippen LogP contribution in [0.3, 0.4) is 0 Å². The zero-order chi connectivity index (χ0) is 40.0. The van der Waals surface area contributed by atoms with Crippen molar-refractivity contribution in [2.24, 2.45) is 5.41 Å². The fourth-order valence-corrected chi connectivity index (χ4v) is 9.54. The Morgan fingerprint density at radius 1 is 0.965 bits per heavy atom. The molecule has 1 aliphatic carbocycles. The predicted octanol–water partition coefficient (Wildman–Crippen LogP) is 8.51. The van der Waals surface area contributed by atoms with Gasteiger partial charge < -0.3 is 35.4 Å². The summed E-state index contributed by atoms with van der Waals surface area (Å²) in [5.74, 6) is 2.15. The largest absolute Gasteiger partial charge is 0.495 e. The first-order chi connectivity index (χ1) is 27.4. The summed E-state index contributed by atoms with van der Waals surface area (Å²) in [6.07, 6.45) is 10.6. The van der Waals surface area contributed by atoms with Crippen LogP contribution in [0.25, 0.3) is 5.70 Å². The van der Waals surface area contributed by atoms with Crippen molar-refractivity contribution in [3.05, 3.63) is 103 Å². The van der Waals surface area contributed by atoms with E-state index in [1.54, 1.807) is 13.2 Å². The van der Waals surface area contributed by atoms with Gasteiger partial charge in [0.05, 0.1) is 24.7 Å². The zero-order valence-corrected chi connectivity index (χ0v) is 34.3. The van der Waals surface area contributed by atoms with E-state index < -0.39 is 0 Å². The van der Waals surface area contributed by atoms with E-state index in [1.165, 1.54) is 25.7 Å². The number of aromatic nitrogens is 2. The van der Waals surface area contributed by atoms with Gasteiger partial charge in [-0.3, -0.25) is 4.90 Å². The summed E-state index contributed by atoms with van der Waals surface area (Å²) in [6, 6.07) is 13.0. The Morgan fingerprint density at radius 2 is 1.72 bits per heavy atom. The van der Waals surface area contributed by atoms with Gasteiger partial charge in [-0.1, -0.05) is 65.1 Å². The van der Waals surface area contributed by atoms with Crippen molar-refractivity contribution in [3.8, 4) is 5.75 Å². The third-order valence-corrected chi connectivity index (χ3v) is 13.2. The number of ether oxygens (including phenoxy) is 1. The van der Waals surface area contributed by atoms with Gasteiger partial charge >= 0.3 is 0 Å². The van der Waals surface area contributed by atoms with Crippen LogP contribution in [0.4, 0.5) is 33.2 Å². The van der Waals surface area contributed by atoms with Gasteiger partial charge in [0.15, 0.2) is 5.82 Å². The SMILES string of the molecule is C=C1CCC(c2ccc(N3CC(N4CCC(NC(=C)c5ccc(Nc6ncc7c(n6)N(C6CCCC6)CC(C)(C)C(=C)N7C)c(OC)c5)CC4)C3)c(F)c2)C(=C)N1. The lowest BCUT2D eigenvalue weighted by molar-refractivity contribution is 0.126. The van der Waals surface area contributed by atoms with Crippen molar-refractivity contribution in [3.63, 3.8) is 0 Å². The second-order valence-corrected chi connectivity index (χ2v) is 17.4. The van der Waals surface area contributed by atoms with Gasteiger partial charge in [-0.15, -0.1) is 0 Å². The summed E-state index contributed by atoms with van der Waals surface area (Å²) in [5.41, 5.74) is 8.16. The predicted molar refractivity (Wildman–Crippen MR) is 232 cm³/mol. The molecule has 5 heterocycles. The minimum absolute atomic E-state index is 0.104. The van der Waals surface area contributed by atoms with Crippen molar-refractivity contribution in [1.29, 1.82) is 0 Å². The number of nitrogens with one attached hydrogen (secondary N) is 3. The summed E-state index contributed by atoms with van der Waals surface area (Å²) < 4.78 is 21.2. The maximum atomic E-state index is 15.3. The molecule has 3 saturated heterocycles. The lowest BCUT2D eigenvalue weighted by Gasteiger charge is -2.49. The average Bonchev–Trinajstić information content (AvgIpc) is 3.70. The van der Waals surface area contributed by atoms with Crippen molar-refractivity contribution in [1.82, 2.24) is 25.5 Å². The smallest absolute Gasteiger partial charge is 0.229 e. The fraction of sp³-hybridized carbons (Fsp3) is 0.478. The molecule has 11 heteroatoms. The molecule has 1 aromatic heterocycles. The van der Waals surface area contributed by atoms with Crippen LogP contribution in [0.2, 0.25) is 0 Å². The summed E-state index contributed by atoms with van der Waals surface area (Å²) in [6.45, 7) is 26.1. The van der Waals surface area contributed by atoms with Gasteiger partial charge in [-0.05, 0) is 68.4 Å². The van der Waals surface area contributed by atoms with E-state index in [4.69, 9.17) is 14.7 Å². The first-order valence-corrected chi connectivity index (χ1v) is 20.8. The number of hydrogen-bond acceptors (Lipinski definition) is 10. The van der Waals surface area contributed by atoms with Crippen LogP contribution in [0.5, 0.6) is 5.75 Å². The van der Waals surface area contributed by atoms with Crippen LogP contribution >= 0.6 is 0 Å². The van der Waals surface area contributed by atoms with E-state index in [1.807, 2.05) is 24.4 Å². The van der Waals surface area contributed by atoms with Gasteiger partial charge in [0.25, 0.3) is 0 Å². The number of halogens is 1. The molecule has 3 N–H and O–H groups in total.